The van der Waals surface area contributed by atoms with Gasteiger partial charge in [0.15, 0.2) is 0 Å². The van der Waals surface area contributed by atoms with E-state index < -0.39 is 12.1 Å². The van der Waals surface area contributed by atoms with Crippen LogP contribution >= 0.6 is 0 Å². The van der Waals surface area contributed by atoms with Crippen molar-refractivity contribution in [1.29, 1.82) is 0 Å². The van der Waals surface area contributed by atoms with Crippen molar-refractivity contribution in [3.05, 3.63) is 53.6 Å². The van der Waals surface area contributed by atoms with E-state index in [-0.39, 0.29) is 35.9 Å². The molecule has 132 valence electrons. The number of anilines is 2. The first kappa shape index (κ1) is 18.1. The van der Waals surface area contributed by atoms with Crippen LogP contribution in [0, 0.1) is 0 Å². The van der Waals surface area contributed by atoms with E-state index in [0.717, 1.165) is 5.56 Å². The SMILES string of the molecule is CCOC(=O)Nc1cc(OCc2ccccc2)c(C(=O)OC)cc1N. The Kier molecular flexibility index (Phi) is 6.22. The molecule has 1 amide bonds. The lowest BCUT2D eigenvalue weighted by molar-refractivity contribution is 0.0595. The molecule has 2 aromatic carbocycles. The van der Waals surface area contributed by atoms with Crippen LogP contribution in [-0.2, 0) is 16.1 Å². The van der Waals surface area contributed by atoms with Gasteiger partial charge in [-0.2, -0.15) is 0 Å². The van der Waals surface area contributed by atoms with Crippen molar-refractivity contribution in [1.82, 2.24) is 0 Å². The molecule has 0 aliphatic heterocycles. The van der Waals surface area contributed by atoms with Crippen molar-refractivity contribution >= 4 is 23.4 Å². The zero-order valence-electron chi connectivity index (χ0n) is 14.1. The Labute approximate surface area is 145 Å². The number of hydrogen-bond donors (Lipinski definition) is 2. The van der Waals surface area contributed by atoms with E-state index >= 15 is 0 Å². The number of hydrogen-bond acceptors (Lipinski definition) is 6. The van der Waals surface area contributed by atoms with E-state index in [1.165, 1.54) is 19.2 Å². The minimum Gasteiger partial charge on any atom is -0.488 e. The highest BCUT2D eigenvalue weighted by molar-refractivity contribution is 5.97. The van der Waals surface area contributed by atoms with Gasteiger partial charge in [-0.25, -0.2) is 9.59 Å². The van der Waals surface area contributed by atoms with E-state index in [2.05, 4.69) is 5.32 Å². The lowest BCUT2D eigenvalue weighted by atomic mass is 10.1. The molecule has 2 rings (SSSR count). The van der Waals surface area contributed by atoms with E-state index in [1.807, 2.05) is 30.3 Å². The fraction of sp³-hybridized carbons (Fsp3) is 0.222. The molecular weight excluding hydrogens is 324 g/mol. The first-order valence-electron chi connectivity index (χ1n) is 7.67. The summed E-state index contributed by atoms with van der Waals surface area (Å²) >= 11 is 0. The molecule has 0 saturated carbocycles. The summed E-state index contributed by atoms with van der Waals surface area (Å²) < 4.78 is 15.3. The third-order valence-electron chi connectivity index (χ3n) is 3.31. The number of nitrogens with one attached hydrogen (secondary N) is 1. The number of nitrogens with two attached hydrogens (primary N) is 1. The van der Waals surface area contributed by atoms with Gasteiger partial charge in [0, 0.05) is 6.07 Å². The van der Waals surface area contributed by atoms with Crippen molar-refractivity contribution in [2.45, 2.75) is 13.5 Å². The highest BCUT2D eigenvalue weighted by Gasteiger charge is 2.18. The Morgan fingerprint density at radius 3 is 2.52 bits per heavy atom. The minimum atomic E-state index is -0.644. The van der Waals surface area contributed by atoms with Crippen molar-refractivity contribution in [3.8, 4) is 5.75 Å². The molecule has 7 nitrogen and oxygen atoms in total. The van der Waals surface area contributed by atoms with E-state index in [4.69, 9.17) is 19.9 Å². The third kappa shape index (κ3) is 4.87. The maximum atomic E-state index is 12.0. The zero-order chi connectivity index (χ0) is 18.2. The third-order valence-corrected chi connectivity index (χ3v) is 3.31. The van der Waals surface area contributed by atoms with Crippen molar-refractivity contribution in [3.63, 3.8) is 0 Å². The summed E-state index contributed by atoms with van der Waals surface area (Å²) in [6, 6.07) is 12.3. The van der Waals surface area contributed by atoms with Gasteiger partial charge in [0.2, 0.25) is 0 Å². The summed E-state index contributed by atoms with van der Waals surface area (Å²) in [5, 5.41) is 2.52. The second-order valence-electron chi connectivity index (χ2n) is 5.05. The fourth-order valence-electron chi connectivity index (χ4n) is 2.11. The highest BCUT2D eigenvalue weighted by Crippen LogP contribution is 2.30. The zero-order valence-corrected chi connectivity index (χ0v) is 14.1. The molecule has 0 saturated heterocycles. The molecule has 0 heterocycles. The average Bonchev–Trinajstić information content (AvgIpc) is 2.62. The number of amides is 1. The molecule has 3 N–H and O–H groups in total. The number of nitrogen functional groups attached to an aromatic ring is 1. The number of carbonyl (C=O) groups is 2. The quantitative estimate of drug-likeness (QED) is 0.616. The van der Waals surface area contributed by atoms with E-state index in [9.17, 15) is 9.59 Å². The number of esters is 1. The lowest BCUT2D eigenvalue weighted by Gasteiger charge is -2.15. The van der Waals surface area contributed by atoms with Gasteiger partial charge in [-0.15, -0.1) is 0 Å². The monoisotopic (exact) mass is 344 g/mol. The topological polar surface area (TPSA) is 99.9 Å². The molecule has 0 spiro atoms. The Bertz CT molecular complexity index is 747. The maximum Gasteiger partial charge on any atom is 0.411 e. The van der Waals surface area contributed by atoms with Crippen LogP contribution in [0.2, 0.25) is 0 Å². The first-order chi connectivity index (χ1) is 12.0. The van der Waals surface area contributed by atoms with Crippen LogP contribution in [0.3, 0.4) is 0 Å². The first-order valence-corrected chi connectivity index (χ1v) is 7.67. The van der Waals surface area contributed by atoms with Crippen LogP contribution in [0.25, 0.3) is 0 Å². The normalized spacial score (nSPS) is 10.0. The number of carbonyl (C=O) groups excluding carboxylic acids is 2. The molecule has 25 heavy (non-hydrogen) atoms. The predicted molar refractivity (Wildman–Crippen MR) is 93.6 cm³/mol. The molecule has 7 heteroatoms. The lowest BCUT2D eigenvalue weighted by Crippen LogP contribution is -2.15. The van der Waals surface area contributed by atoms with Crippen LogP contribution in [0.1, 0.15) is 22.8 Å². The predicted octanol–water partition coefficient (Wildman–Crippen LogP) is 3.20. The molecule has 0 aliphatic carbocycles. The van der Waals surface area contributed by atoms with Crippen molar-refractivity contribution in [2.24, 2.45) is 0 Å². The number of rotatable bonds is 6. The molecule has 0 bridgehead atoms. The van der Waals surface area contributed by atoms with Gasteiger partial charge in [0.25, 0.3) is 0 Å². The molecular formula is C18H20N2O5. The average molecular weight is 344 g/mol. The van der Waals surface area contributed by atoms with Gasteiger partial charge in [0.1, 0.15) is 17.9 Å². The molecule has 0 atom stereocenters. The van der Waals surface area contributed by atoms with Crippen molar-refractivity contribution < 1.29 is 23.8 Å². The van der Waals surface area contributed by atoms with Crippen LogP contribution in [0.15, 0.2) is 42.5 Å². The van der Waals surface area contributed by atoms with Crippen LogP contribution in [0.4, 0.5) is 16.2 Å². The van der Waals surface area contributed by atoms with Gasteiger partial charge < -0.3 is 19.9 Å². The Balaban J connectivity index is 2.29. The van der Waals surface area contributed by atoms with Gasteiger partial charge in [-0.3, -0.25) is 5.32 Å². The minimum absolute atomic E-state index is 0.172. The fourth-order valence-corrected chi connectivity index (χ4v) is 2.11. The van der Waals surface area contributed by atoms with E-state index in [1.54, 1.807) is 6.92 Å². The van der Waals surface area contributed by atoms with Gasteiger partial charge in [-0.1, -0.05) is 30.3 Å². The summed E-state index contributed by atoms with van der Waals surface area (Å²) in [7, 11) is 1.27. The molecule has 0 unspecified atom stereocenters. The van der Waals surface area contributed by atoms with Crippen molar-refractivity contribution in [2.75, 3.05) is 24.8 Å². The standard InChI is InChI=1S/C18H20N2O5/c1-3-24-18(22)20-15-10-16(13(9-14(15)19)17(21)23-2)25-11-12-7-5-4-6-8-12/h4-10H,3,11,19H2,1-2H3,(H,20,22). The molecule has 2 aromatic rings. The summed E-state index contributed by atoms with van der Waals surface area (Å²) in [5.41, 5.74) is 7.48. The Hall–Kier alpha value is -3.22. The van der Waals surface area contributed by atoms with Gasteiger partial charge in [-0.05, 0) is 18.6 Å². The smallest absolute Gasteiger partial charge is 0.411 e. The Morgan fingerprint density at radius 1 is 1.16 bits per heavy atom. The van der Waals surface area contributed by atoms with E-state index in [0.29, 0.717) is 0 Å². The van der Waals surface area contributed by atoms with Crippen LogP contribution in [0.5, 0.6) is 5.75 Å². The molecule has 0 aliphatic rings. The summed E-state index contributed by atoms with van der Waals surface area (Å²) in [6.45, 7) is 2.16. The number of ether oxygens (including phenoxy) is 3. The summed E-state index contributed by atoms with van der Waals surface area (Å²) in [4.78, 5) is 23.6. The number of benzene rings is 2. The van der Waals surface area contributed by atoms with Crippen LogP contribution < -0.4 is 15.8 Å². The molecule has 0 aromatic heterocycles. The van der Waals surface area contributed by atoms with Gasteiger partial charge in [0.05, 0.1) is 25.1 Å². The molecule has 0 fully saturated rings. The number of methoxy groups -OCH3 is 1. The Morgan fingerprint density at radius 2 is 1.88 bits per heavy atom. The summed E-state index contributed by atoms with van der Waals surface area (Å²) in [6.07, 6.45) is -0.644. The van der Waals surface area contributed by atoms with Crippen LogP contribution in [-0.4, -0.2) is 25.8 Å². The van der Waals surface area contributed by atoms with Gasteiger partial charge >= 0.3 is 12.1 Å². The summed E-state index contributed by atoms with van der Waals surface area (Å²) in [5.74, 6) is -0.339. The highest BCUT2D eigenvalue weighted by atomic mass is 16.5. The second kappa shape index (κ2) is 8.58. The largest absolute Gasteiger partial charge is 0.488 e. The maximum absolute atomic E-state index is 12.0. The second-order valence-corrected chi connectivity index (χ2v) is 5.05. The molecule has 0 radical (unpaired) electrons.